The molecule has 30 heavy (non-hydrogen) atoms. The Balaban J connectivity index is 1.76. The molecule has 0 bridgehead atoms. The van der Waals surface area contributed by atoms with E-state index < -0.39 is 10.0 Å². The highest BCUT2D eigenvalue weighted by Gasteiger charge is 2.26. The molecule has 0 N–H and O–H groups in total. The van der Waals surface area contributed by atoms with E-state index in [-0.39, 0.29) is 10.8 Å². The monoisotopic (exact) mass is 431 g/mol. The van der Waals surface area contributed by atoms with Gasteiger partial charge in [-0.15, -0.1) is 0 Å². The molecule has 5 nitrogen and oxygen atoms in total. The van der Waals surface area contributed by atoms with Crippen LogP contribution in [-0.2, 0) is 21.2 Å². The Morgan fingerprint density at radius 3 is 2.23 bits per heavy atom. The molecular weight excluding hydrogens is 398 g/mol. The van der Waals surface area contributed by atoms with E-state index in [9.17, 15) is 8.42 Å². The molecular formula is C24H33NO4S. The molecule has 0 saturated carbocycles. The second kappa shape index (κ2) is 10.3. The second-order valence-corrected chi connectivity index (χ2v) is 10.2. The minimum atomic E-state index is -3.66. The highest BCUT2D eigenvalue weighted by atomic mass is 32.2. The van der Waals surface area contributed by atoms with Crippen LogP contribution >= 0.6 is 0 Å². The lowest BCUT2D eigenvalue weighted by Gasteiger charge is -2.26. The molecule has 2 aromatic carbocycles. The van der Waals surface area contributed by atoms with Crippen LogP contribution in [0.15, 0.2) is 53.4 Å². The van der Waals surface area contributed by atoms with Gasteiger partial charge in [0.05, 0.1) is 17.2 Å². The lowest BCUT2D eigenvalue weighted by molar-refractivity contribution is 0.0497. The third kappa shape index (κ3) is 5.76. The number of sulfonamides is 1. The number of anilines is 1. The van der Waals surface area contributed by atoms with Gasteiger partial charge in [-0.25, -0.2) is 8.42 Å². The van der Waals surface area contributed by atoms with Gasteiger partial charge in [-0.1, -0.05) is 32.9 Å². The van der Waals surface area contributed by atoms with E-state index in [2.05, 4.69) is 6.92 Å². The molecule has 1 aliphatic heterocycles. The SMILES string of the molecule is CCc1ccc(N(CC(C)C)S(=O)(=O)c2ccc(OCC3CCOCC3)cc2)cc1. The fourth-order valence-electron chi connectivity index (χ4n) is 3.53. The zero-order chi connectivity index (χ0) is 21.6. The first-order valence-corrected chi connectivity index (χ1v) is 12.3. The van der Waals surface area contributed by atoms with Crippen molar-refractivity contribution in [2.45, 2.75) is 44.9 Å². The van der Waals surface area contributed by atoms with E-state index >= 15 is 0 Å². The van der Waals surface area contributed by atoms with Crippen molar-refractivity contribution in [1.82, 2.24) is 0 Å². The molecule has 6 heteroatoms. The van der Waals surface area contributed by atoms with Crippen molar-refractivity contribution in [3.8, 4) is 5.75 Å². The van der Waals surface area contributed by atoms with Crippen LogP contribution in [0.1, 0.15) is 39.2 Å². The van der Waals surface area contributed by atoms with Crippen LogP contribution in [0.4, 0.5) is 5.69 Å². The summed E-state index contributed by atoms with van der Waals surface area (Å²) in [5, 5.41) is 0. The van der Waals surface area contributed by atoms with Crippen molar-refractivity contribution < 1.29 is 17.9 Å². The fraction of sp³-hybridized carbons (Fsp3) is 0.500. The van der Waals surface area contributed by atoms with Crippen molar-refractivity contribution in [1.29, 1.82) is 0 Å². The van der Waals surface area contributed by atoms with Gasteiger partial charge in [0.2, 0.25) is 0 Å². The van der Waals surface area contributed by atoms with Gasteiger partial charge in [0, 0.05) is 19.8 Å². The normalized spacial score (nSPS) is 15.3. The summed E-state index contributed by atoms with van der Waals surface area (Å²) in [6, 6.07) is 14.6. The van der Waals surface area contributed by atoms with Gasteiger partial charge in [0.1, 0.15) is 5.75 Å². The predicted molar refractivity (Wildman–Crippen MR) is 121 cm³/mol. The first-order chi connectivity index (χ1) is 14.4. The van der Waals surface area contributed by atoms with E-state index in [1.54, 1.807) is 24.3 Å². The molecule has 0 aromatic heterocycles. The largest absolute Gasteiger partial charge is 0.493 e. The summed E-state index contributed by atoms with van der Waals surface area (Å²) in [4.78, 5) is 0.279. The summed E-state index contributed by atoms with van der Waals surface area (Å²) < 4.78 is 39.6. The third-order valence-corrected chi connectivity index (χ3v) is 7.21. The minimum absolute atomic E-state index is 0.202. The van der Waals surface area contributed by atoms with Crippen LogP contribution in [-0.4, -0.2) is 34.8 Å². The van der Waals surface area contributed by atoms with Crippen molar-refractivity contribution in [3.05, 3.63) is 54.1 Å². The van der Waals surface area contributed by atoms with Crippen molar-refractivity contribution in [3.63, 3.8) is 0 Å². The zero-order valence-corrected chi connectivity index (χ0v) is 19.0. The van der Waals surface area contributed by atoms with Crippen molar-refractivity contribution >= 4 is 15.7 Å². The van der Waals surface area contributed by atoms with Crippen LogP contribution in [0.5, 0.6) is 5.75 Å². The van der Waals surface area contributed by atoms with E-state index in [0.717, 1.165) is 32.5 Å². The Hall–Kier alpha value is -2.05. The van der Waals surface area contributed by atoms with Crippen molar-refractivity contribution in [2.75, 3.05) is 30.7 Å². The standard InChI is InChI=1S/C24H33NO4S/c1-4-20-5-7-22(8-6-20)25(17-19(2)3)30(26,27)24-11-9-23(10-12-24)29-18-21-13-15-28-16-14-21/h5-12,19,21H,4,13-18H2,1-3H3. The Bertz CT molecular complexity index is 886. The quantitative estimate of drug-likeness (QED) is 0.566. The molecule has 0 radical (unpaired) electrons. The highest BCUT2D eigenvalue weighted by molar-refractivity contribution is 7.92. The maximum absolute atomic E-state index is 13.4. The van der Waals surface area contributed by atoms with E-state index in [1.165, 1.54) is 9.87 Å². The molecule has 0 spiro atoms. The fourth-order valence-corrected chi connectivity index (χ4v) is 5.16. The highest BCUT2D eigenvalue weighted by Crippen LogP contribution is 2.27. The summed E-state index contributed by atoms with van der Waals surface area (Å²) in [5.41, 5.74) is 1.88. The van der Waals surface area contributed by atoms with Crippen LogP contribution in [0.25, 0.3) is 0 Å². The molecule has 1 fully saturated rings. The molecule has 0 aliphatic carbocycles. The molecule has 2 aromatic rings. The van der Waals surface area contributed by atoms with E-state index in [1.807, 2.05) is 38.1 Å². The van der Waals surface area contributed by atoms with Gasteiger partial charge >= 0.3 is 0 Å². The Morgan fingerprint density at radius 1 is 1.03 bits per heavy atom. The number of nitrogens with zero attached hydrogens (tertiary/aromatic N) is 1. The van der Waals surface area contributed by atoms with Crippen LogP contribution in [0.3, 0.4) is 0 Å². The zero-order valence-electron chi connectivity index (χ0n) is 18.2. The number of hydrogen-bond acceptors (Lipinski definition) is 4. The van der Waals surface area contributed by atoms with Gasteiger partial charge in [0.15, 0.2) is 0 Å². The molecule has 164 valence electrons. The summed E-state index contributed by atoms with van der Waals surface area (Å²) in [5.74, 6) is 1.39. The molecule has 1 heterocycles. The lowest BCUT2D eigenvalue weighted by Crippen LogP contribution is -2.34. The number of rotatable bonds is 9. The maximum Gasteiger partial charge on any atom is 0.264 e. The Kier molecular flexibility index (Phi) is 7.78. The van der Waals surface area contributed by atoms with Gasteiger partial charge < -0.3 is 9.47 Å². The smallest absolute Gasteiger partial charge is 0.264 e. The first kappa shape index (κ1) is 22.6. The number of benzene rings is 2. The summed E-state index contributed by atoms with van der Waals surface area (Å²) in [6.45, 7) is 8.77. The average molecular weight is 432 g/mol. The second-order valence-electron chi connectivity index (χ2n) is 8.29. The molecule has 1 saturated heterocycles. The summed E-state index contributed by atoms with van der Waals surface area (Å²) in [6.07, 6.45) is 2.94. The van der Waals surface area contributed by atoms with Crippen molar-refractivity contribution in [2.24, 2.45) is 11.8 Å². The summed E-state index contributed by atoms with van der Waals surface area (Å²) >= 11 is 0. The third-order valence-electron chi connectivity index (χ3n) is 5.40. The Morgan fingerprint density at radius 2 is 1.67 bits per heavy atom. The predicted octanol–water partition coefficient (Wildman–Crippen LogP) is 4.91. The van der Waals surface area contributed by atoms with Crippen LogP contribution < -0.4 is 9.04 Å². The maximum atomic E-state index is 13.4. The molecule has 1 aliphatic rings. The number of hydrogen-bond donors (Lipinski definition) is 0. The van der Waals surface area contributed by atoms with Gasteiger partial charge in [-0.05, 0) is 73.1 Å². The van der Waals surface area contributed by atoms with Gasteiger partial charge in [-0.2, -0.15) is 0 Å². The molecule has 0 atom stereocenters. The number of ether oxygens (including phenoxy) is 2. The van der Waals surface area contributed by atoms with Gasteiger partial charge in [-0.3, -0.25) is 4.31 Å². The van der Waals surface area contributed by atoms with Crippen LogP contribution in [0.2, 0.25) is 0 Å². The first-order valence-electron chi connectivity index (χ1n) is 10.8. The topological polar surface area (TPSA) is 55.8 Å². The molecule has 3 rings (SSSR count). The van der Waals surface area contributed by atoms with E-state index in [0.29, 0.717) is 30.5 Å². The van der Waals surface area contributed by atoms with Gasteiger partial charge in [0.25, 0.3) is 10.0 Å². The molecule has 0 unspecified atom stereocenters. The number of aryl methyl sites for hydroxylation is 1. The summed E-state index contributed by atoms with van der Waals surface area (Å²) in [7, 11) is -3.66. The molecule has 0 amide bonds. The Labute approximate surface area is 181 Å². The van der Waals surface area contributed by atoms with E-state index in [4.69, 9.17) is 9.47 Å². The average Bonchev–Trinajstić information content (AvgIpc) is 2.77. The van der Waals surface area contributed by atoms with Crippen LogP contribution in [0, 0.1) is 11.8 Å². The minimum Gasteiger partial charge on any atom is -0.493 e. The lowest BCUT2D eigenvalue weighted by atomic mass is 10.0.